The molecule has 0 spiro atoms. The minimum absolute atomic E-state index is 0.109. The number of rotatable bonds is 4. The van der Waals surface area contributed by atoms with Crippen LogP contribution in [0.5, 0.6) is 0 Å². The zero-order valence-corrected chi connectivity index (χ0v) is 21.8. The predicted molar refractivity (Wildman–Crippen MR) is 148 cm³/mol. The van der Waals surface area contributed by atoms with Gasteiger partial charge in [0, 0.05) is 5.69 Å². The molecule has 0 bridgehead atoms. The standard InChI is InChI=1S/C29H22FN7S/c1-4-24-28-34-17(2)13-18(3)36(28)25-16-32-27(23-15-33-38-26(23)20-7-9-21(30)10-8-20)35-29(25)37(24)22-11-5-19(14-31)6-12-22/h5-12,15-16,24H,4H2,1-3H3/t24-/m1/s1. The van der Waals surface area contributed by atoms with Crippen LogP contribution in [0.25, 0.3) is 21.8 Å². The summed E-state index contributed by atoms with van der Waals surface area (Å²) in [5.74, 6) is 1.84. The summed E-state index contributed by atoms with van der Waals surface area (Å²) in [5.41, 5.74) is 8.99. The Kier molecular flexibility index (Phi) is 5.84. The summed E-state index contributed by atoms with van der Waals surface area (Å²) in [4.78, 5) is 19.9. The molecular formula is C29H22FN7S. The number of hydrogen-bond donors (Lipinski definition) is 0. The molecule has 0 N–H and O–H groups in total. The van der Waals surface area contributed by atoms with E-state index in [0.717, 1.165) is 56.8 Å². The lowest BCUT2D eigenvalue weighted by atomic mass is 10.0. The lowest BCUT2D eigenvalue weighted by Gasteiger charge is -2.44. The number of fused-ring (bicyclic) bond motifs is 3. The number of aromatic nitrogens is 3. The van der Waals surface area contributed by atoms with Crippen molar-refractivity contribution in [3.8, 4) is 27.9 Å². The zero-order chi connectivity index (χ0) is 26.4. The van der Waals surface area contributed by atoms with Crippen LogP contribution < -0.4 is 9.80 Å². The molecule has 9 heteroatoms. The molecular weight excluding hydrogens is 497 g/mol. The van der Waals surface area contributed by atoms with Gasteiger partial charge in [-0.05, 0) is 73.8 Å². The summed E-state index contributed by atoms with van der Waals surface area (Å²) in [6.45, 7) is 6.08. The van der Waals surface area contributed by atoms with Gasteiger partial charge in [-0.25, -0.2) is 19.4 Å². The van der Waals surface area contributed by atoms with Crippen LogP contribution in [0.3, 0.4) is 0 Å². The number of hydrogen-bond acceptors (Lipinski definition) is 8. The highest BCUT2D eigenvalue weighted by molar-refractivity contribution is 7.10. The summed E-state index contributed by atoms with van der Waals surface area (Å²) < 4.78 is 18.0. The fourth-order valence-corrected chi connectivity index (χ4v) is 5.68. The molecule has 0 aliphatic carbocycles. The van der Waals surface area contributed by atoms with Crippen LogP contribution in [0, 0.1) is 17.1 Å². The van der Waals surface area contributed by atoms with Gasteiger partial charge in [0.25, 0.3) is 0 Å². The molecule has 7 nitrogen and oxygen atoms in total. The topological polar surface area (TPSA) is 81.3 Å². The number of allylic oxidation sites excluding steroid dienone is 1. The third-order valence-electron chi connectivity index (χ3n) is 6.62. The maximum Gasteiger partial charge on any atom is 0.164 e. The first-order valence-corrected chi connectivity index (χ1v) is 13.0. The number of nitrogens with zero attached hydrogens (tertiary/aromatic N) is 7. The van der Waals surface area contributed by atoms with Gasteiger partial charge < -0.3 is 4.90 Å². The van der Waals surface area contributed by atoms with Crippen molar-refractivity contribution >= 4 is 34.6 Å². The van der Waals surface area contributed by atoms with Gasteiger partial charge in [0.15, 0.2) is 11.6 Å². The average Bonchev–Trinajstić information content (AvgIpc) is 3.42. The quantitative estimate of drug-likeness (QED) is 0.275. The van der Waals surface area contributed by atoms with Crippen molar-refractivity contribution in [2.24, 2.45) is 4.99 Å². The van der Waals surface area contributed by atoms with Gasteiger partial charge in [0.1, 0.15) is 17.3 Å². The SMILES string of the molecule is CC[C@@H]1C2=NC(C)=C=C(C)N2c2cnc(-c3cnsc3-c3ccc(F)cc3)nc2N1c1ccc(C#N)cc1. The molecule has 2 aromatic heterocycles. The van der Waals surface area contributed by atoms with Gasteiger partial charge >= 0.3 is 0 Å². The maximum absolute atomic E-state index is 13.6. The van der Waals surface area contributed by atoms with Crippen LogP contribution in [0.2, 0.25) is 0 Å². The van der Waals surface area contributed by atoms with E-state index < -0.39 is 0 Å². The molecule has 0 saturated carbocycles. The first-order chi connectivity index (χ1) is 18.5. The van der Waals surface area contributed by atoms with E-state index in [4.69, 9.17) is 15.0 Å². The molecule has 0 fully saturated rings. The van der Waals surface area contributed by atoms with Crippen molar-refractivity contribution in [1.82, 2.24) is 14.3 Å². The zero-order valence-electron chi connectivity index (χ0n) is 21.0. The lowest BCUT2D eigenvalue weighted by Crippen LogP contribution is -2.52. The minimum Gasteiger partial charge on any atom is -0.314 e. The second-order valence-electron chi connectivity index (χ2n) is 9.03. The van der Waals surface area contributed by atoms with E-state index in [9.17, 15) is 9.65 Å². The largest absolute Gasteiger partial charge is 0.314 e. The van der Waals surface area contributed by atoms with Gasteiger partial charge in [-0.1, -0.05) is 24.8 Å². The van der Waals surface area contributed by atoms with Crippen LogP contribution in [0.1, 0.15) is 32.8 Å². The Bertz CT molecular complexity index is 1690. The highest BCUT2D eigenvalue weighted by atomic mass is 32.1. The van der Waals surface area contributed by atoms with E-state index >= 15 is 0 Å². The molecule has 4 heterocycles. The Labute approximate surface area is 223 Å². The monoisotopic (exact) mass is 519 g/mol. The second-order valence-corrected chi connectivity index (χ2v) is 9.83. The molecule has 4 aromatic rings. The van der Waals surface area contributed by atoms with E-state index in [1.807, 2.05) is 44.3 Å². The summed E-state index contributed by atoms with van der Waals surface area (Å²) in [7, 11) is 0. The van der Waals surface area contributed by atoms with Crippen molar-refractivity contribution < 1.29 is 4.39 Å². The Hall–Kier alpha value is -4.64. The Morgan fingerprint density at radius 3 is 2.55 bits per heavy atom. The van der Waals surface area contributed by atoms with Crippen LogP contribution in [-0.2, 0) is 0 Å². The highest BCUT2D eigenvalue weighted by Crippen LogP contribution is 2.44. The summed E-state index contributed by atoms with van der Waals surface area (Å²) in [5, 5.41) is 9.34. The van der Waals surface area contributed by atoms with Gasteiger partial charge in [-0.3, -0.25) is 4.90 Å². The highest BCUT2D eigenvalue weighted by Gasteiger charge is 2.40. The molecule has 0 saturated heterocycles. The molecule has 38 heavy (non-hydrogen) atoms. The lowest BCUT2D eigenvalue weighted by molar-refractivity contribution is 0.628. The molecule has 1 atom stereocenters. The Morgan fingerprint density at radius 2 is 1.84 bits per heavy atom. The molecule has 0 radical (unpaired) electrons. The summed E-state index contributed by atoms with van der Waals surface area (Å²) in [6, 6.07) is 15.9. The van der Waals surface area contributed by atoms with E-state index in [1.165, 1.54) is 23.7 Å². The Morgan fingerprint density at radius 1 is 1.08 bits per heavy atom. The van der Waals surface area contributed by atoms with Crippen LogP contribution in [0.15, 0.2) is 83.0 Å². The fraction of sp³-hybridized carbons (Fsp3) is 0.172. The van der Waals surface area contributed by atoms with Crippen molar-refractivity contribution in [2.75, 3.05) is 9.80 Å². The number of anilines is 3. The van der Waals surface area contributed by atoms with Crippen molar-refractivity contribution in [2.45, 2.75) is 33.2 Å². The van der Waals surface area contributed by atoms with E-state index in [1.54, 1.807) is 18.3 Å². The number of halogens is 1. The van der Waals surface area contributed by atoms with Crippen molar-refractivity contribution in [1.29, 1.82) is 5.26 Å². The van der Waals surface area contributed by atoms with Gasteiger partial charge in [0.2, 0.25) is 0 Å². The number of amidine groups is 1. The number of aliphatic imine (C=N–C) groups is 1. The van der Waals surface area contributed by atoms with Crippen molar-refractivity contribution in [3.63, 3.8) is 0 Å². The third-order valence-corrected chi connectivity index (χ3v) is 7.47. The maximum atomic E-state index is 13.6. The van der Waals surface area contributed by atoms with Gasteiger partial charge in [-0.2, -0.15) is 9.64 Å². The first-order valence-electron chi connectivity index (χ1n) is 12.2. The average molecular weight is 520 g/mol. The molecule has 0 amide bonds. The van der Waals surface area contributed by atoms with Crippen LogP contribution in [-0.4, -0.2) is 26.2 Å². The number of benzene rings is 2. The molecule has 6 rings (SSSR count). The van der Waals surface area contributed by atoms with E-state index in [-0.39, 0.29) is 11.9 Å². The summed E-state index contributed by atoms with van der Waals surface area (Å²) >= 11 is 1.32. The van der Waals surface area contributed by atoms with E-state index in [0.29, 0.717) is 11.4 Å². The molecule has 186 valence electrons. The van der Waals surface area contributed by atoms with Crippen molar-refractivity contribution in [3.05, 3.63) is 89.4 Å². The Balaban J connectivity index is 1.56. The molecule has 2 aromatic carbocycles. The second kappa shape index (κ2) is 9.34. The van der Waals surface area contributed by atoms with Crippen LogP contribution >= 0.6 is 11.5 Å². The molecule has 0 unspecified atom stereocenters. The molecule has 2 aliphatic rings. The number of nitriles is 1. The van der Waals surface area contributed by atoms with Crippen LogP contribution in [0.4, 0.5) is 21.6 Å². The normalized spacial score (nSPS) is 16.2. The first kappa shape index (κ1) is 23.7. The van der Waals surface area contributed by atoms with Gasteiger partial charge in [-0.15, -0.1) is 0 Å². The van der Waals surface area contributed by atoms with E-state index in [2.05, 4.69) is 32.9 Å². The smallest absolute Gasteiger partial charge is 0.164 e. The third kappa shape index (κ3) is 3.88. The van der Waals surface area contributed by atoms with Gasteiger partial charge in [0.05, 0.1) is 51.9 Å². The fourth-order valence-electron chi connectivity index (χ4n) is 4.93. The molecule has 2 aliphatic heterocycles. The minimum atomic E-state index is -0.291. The summed E-state index contributed by atoms with van der Waals surface area (Å²) in [6.07, 6.45) is 4.34. The predicted octanol–water partition coefficient (Wildman–Crippen LogP) is 6.83.